The van der Waals surface area contributed by atoms with Crippen molar-refractivity contribution in [2.45, 2.75) is 19.5 Å². The lowest BCUT2D eigenvalue weighted by atomic mass is 10.0. The number of hydrogen-bond acceptors (Lipinski definition) is 4. The van der Waals surface area contributed by atoms with Crippen molar-refractivity contribution in [3.63, 3.8) is 0 Å². The van der Waals surface area contributed by atoms with E-state index in [0.29, 0.717) is 22.8 Å². The van der Waals surface area contributed by atoms with Crippen molar-refractivity contribution in [3.05, 3.63) is 94.5 Å². The van der Waals surface area contributed by atoms with Gasteiger partial charge in [0.2, 0.25) is 5.91 Å². The number of benzene rings is 3. The number of nitrogens with one attached hydrogen (secondary N) is 1. The zero-order chi connectivity index (χ0) is 24.7. The molecule has 0 aliphatic rings. The molecule has 0 fully saturated rings. The minimum atomic E-state index is -0.292. The highest BCUT2D eigenvalue weighted by molar-refractivity contribution is 6.34. The molecule has 0 aliphatic heterocycles. The largest absolute Gasteiger partial charge is 0.377 e. The first-order chi connectivity index (χ1) is 16.3. The van der Waals surface area contributed by atoms with Gasteiger partial charge in [0.15, 0.2) is 0 Å². The smallest absolute Gasteiger partial charge is 0.257 e. The molecule has 178 valence electrons. The van der Waals surface area contributed by atoms with E-state index >= 15 is 0 Å². The number of anilines is 2. The molecular weight excluding hydrogens is 450 g/mol. The molecule has 0 heterocycles. The van der Waals surface area contributed by atoms with Crippen LogP contribution in [0.4, 0.5) is 11.4 Å². The highest BCUT2D eigenvalue weighted by Gasteiger charge is 2.23. The third kappa shape index (κ3) is 6.16. The van der Waals surface area contributed by atoms with E-state index in [0.717, 1.165) is 16.8 Å². The van der Waals surface area contributed by atoms with Crippen molar-refractivity contribution >= 4 is 34.8 Å². The summed E-state index contributed by atoms with van der Waals surface area (Å²) in [4.78, 5) is 29.6. The van der Waals surface area contributed by atoms with Crippen LogP contribution in [0, 0.1) is 0 Å². The Kier molecular flexibility index (Phi) is 8.68. The molecule has 0 aliphatic carbocycles. The van der Waals surface area contributed by atoms with Crippen molar-refractivity contribution in [2.75, 3.05) is 38.0 Å². The molecule has 6 nitrogen and oxygen atoms in total. The summed E-state index contributed by atoms with van der Waals surface area (Å²) in [6.45, 7) is 2.33. The van der Waals surface area contributed by atoms with Crippen LogP contribution in [0.15, 0.2) is 72.8 Å². The van der Waals surface area contributed by atoms with E-state index in [9.17, 15) is 9.59 Å². The maximum atomic E-state index is 13.0. The normalized spacial score (nSPS) is 11.6. The molecule has 0 spiro atoms. The third-order valence-corrected chi connectivity index (χ3v) is 5.95. The van der Waals surface area contributed by atoms with E-state index in [1.807, 2.05) is 74.4 Å². The molecule has 0 saturated heterocycles. The zero-order valence-corrected chi connectivity index (χ0v) is 20.7. The minimum absolute atomic E-state index is 0.0165. The lowest BCUT2D eigenvalue weighted by Gasteiger charge is -2.31. The summed E-state index contributed by atoms with van der Waals surface area (Å²) in [6, 6.07) is 22.3. The van der Waals surface area contributed by atoms with Crippen LogP contribution >= 0.6 is 11.6 Å². The van der Waals surface area contributed by atoms with Crippen LogP contribution in [-0.2, 0) is 16.1 Å². The molecule has 34 heavy (non-hydrogen) atoms. The van der Waals surface area contributed by atoms with Gasteiger partial charge in [-0.05, 0) is 48.4 Å². The zero-order valence-electron chi connectivity index (χ0n) is 19.9. The fourth-order valence-electron chi connectivity index (χ4n) is 3.81. The van der Waals surface area contributed by atoms with Gasteiger partial charge in [0, 0.05) is 39.1 Å². The van der Waals surface area contributed by atoms with Crippen molar-refractivity contribution < 1.29 is 14.3 Å². The molecule has 3 aromatic rings. The average Bonchev–Trinajstić information content (AvgIpc) is 2.83. The van der Waals surface area contributed by atoms with Gasteiger partial charge < -0.3 is 19.9 Å². The first kappa shape index (κ1) is 25.3. The first-order valence-corrected chi connectivity index (χ1v) is 11.4. The molecule has 1 N–H and O–H groups in total. The predicted molar refractivity (Wildman–Crippen MR) is 137 cm³/mol. The number of ether oxygens (including phenoxy) is 1. The van der Waals surface area contributed by atoms with E-state index in [1.165, 1.54) is 7.11 Å². The van der Waals surface area contributed by atoms with Crippen molar-refractivity contribution in [2.24, 2.45) is 0 Å². The van der Waals surface area contributed by atoms with E-state index in [2.05, 4.69) is 5.32 Å². The topological polar surface area (TPSA) is 61.9 Å². The molecule has 1 atom stereocenters. The maximum absolute atomic E-state index is 13.0. The van der Waals surface area contributed by atoms with Crippen LogP contribution in [0.2, 0.25) is 5.02 Å². The first-order valence-electron chi connectivity index (χ1n) is 11.0. The summed E-state index contributed by atoms with van der Waals surface area (Å²) >= 11 is 6.19. The second-order valence-electron chi connectivity index (χ2n) is 8.21. The number of carbonyl (C=O) groups is 2. The second kappa shape index (κ2) is 11.7. The summed E-state index contributed by atoms with van der Waals surface area (Å²) < 4.78 is 5.15. The summed E-state index contributed by atoms with van der Waals surface area (Å²) in [5, 5.41) is 3.31. The van der Waals surface area contributed by atoms with Gasteiger partial charge >= 0.3 is 0 Å². The Labute approximate surface area is 206 Å². The molecule has 3 aromatic carbocycles. The highest BCUT2D eigenvalue weighted by Crippen LogP contribution is 2.29. The number of halogens is 1. The summed E-state index contributed by atoms with van der Waals surface area (Å²) in [6.07, 6.45) is 0. The molecule has 2 amide bonds. The van der Waals surface area contributed by atoms with Crippen LogP contribution in [0.3, 0.4) is 0 Å². The van der Waals surface area contributed by atoms with E-state index in [1.54, 1.807) is 29.2 Å². The van der Waals surface area contributed by atoms with Crippen molar-refractivity contribution in [1.82, 2.24) is 4.90 Å². The van der Waals surface area contributed by atoms with Gasteiger partial charge in [-0.2, -0.15) is 0 Å². The maximum Gasteiger partial charge on any atom is 0.257 e. The quantitative estimate of drug-likeness (QED) is 0.446. The Bertz CT molecular complexity index is 1130. The van der Waals surface area contributed by atoms with Gasteiger partial charge in [-0.3, -0.25) is 9.59 Å². The lowest BCUT2D eigenvalue weighted by molar-refractivity contribution is -0.138. The number of amides is 2. The Morgan fingerprint density at radius 3 is 2.32 bits per heavy atom. The molecule has 0 aromatic heterocycles. The fraction of sp³-hybridized carbons (Fsp3) is 0.259. The monoisotopic (exact) mass is 479 g/mol. The van der Waals surface area contributed by atoms with Gasteiger partial charge in [-0.15, -0.1) is 0 Å². The SMILES string of the molecule is COCC(=O)N(Cc1cc(NC(=O)c2ccccc2Cl)ccc1N(C)C)C(C)c1ccccc1. The Hall–Kier alpha value is -3.35. The predicted octanol–water partition coefficient (Wildman–Crippen LogP) is 5.39. The lowest BCUT2D eigenvalue weighted by Crippen LogP contribution is -2.36. The second-order valence-corrected chi connectivity index (χ2v) is 8.62. The van der Waals surface area contributed by atoms with Crippen LogP contribution in [0.25, 0.3) is 0 Å². The summed E-state index contributed by atoms with van der Waals surface area (Å²) in [5.41, 5.74) is 3.90. The van der Waals surface area contributed by atoms with Crippen LogP contribution < -0.4 is 10.2 Å². The summed E-state index contributed by atoms with van der Waals surface area (Å²) in [5.74, 6) is -0.409. The van der Waals surface area contributed by atoms with Gasteiger partial charge in [0.1, 0.15) is 6.61 Å². The van der Waals surface area contributed by atoms with Gasteiger partial charge in [-0.1, -0.05) is 54.1 Å². The summed E-state index contributed by atoms with van der Waals surface area (Å²) in [7, 11) is 5.41. The van der Waals surface area contributed by atoms with Crippen molar-refractivity contribution in [1.29, 1.82) is 0 Å². The Balaban J connectivity index is 1.93. The van der Waals surface area contributed by atoms with E-state index < -0.39 is 0 Å². The molecular formula is C27H30ClN3O3. The number of hydrogen-bond donors (Lipinski definition) is 1. The minimum Gasteiger partial charge on any atom is -0.377 e. The molecule has 7 heteroatoms. The average molecular weight is 480 g/mol. The van der Waals surface area contributed by atoms with Gasteiger partial charge in [0.25, 0.3) is 5.91 Å². The van der Waals surface area contributed by atoms with Gasteiger partial charge in [-0.25, -0.2) is 0 Å². The fourth-order valence-corrected chi connectivity index (χ4v) is 4.03. The molecule has 0 bridgehead atoms. The number of nitrogens with zero attached hydrogens (tertiary/aromatic N) is 2. The highest BCUT2D eigenvalue weighted by atomic mass is 35.5. The van der Waals surface area contributed by atoms with Crippen LogP contribution in [0.1, 0.15) is 34.5 Å². The van der Waals surface area contributed by atoms with Crippen LogP contribution in [0.5, 0.6) is 0 Å². The Morgan fingerprint density at radius 1 is 1.00 bits per heavy atom. The molecule has 3 rings (SSSR count). The van der Waals surface area contributed by atoms with Crippen LogP contribution in [-0.4, -0.2) is 44.5 Å². The standard InChI is InChI=1S/C27H30ClN3O3/c1-19(20-10-6-5-7-11-20)31(26(32)18-34-4)17-21-16-22(14-15-25(21)30(2)3)29-27(33)23-12-8-9-13-24(23)28/h5-16,19H,17-18H2,1-4H3,(H,29,33). The van der Waals surface area contributed by atoms with E-state index in [-0.39, 0.29) is 24.5 Å². The van der Waals surface area contributed by atoms with Gasteiger partial charge in [0.05, 0.1) is 16.6 Å². The van der Waals surface area contributed by atoms with E-state index in [4.69, 9.17) is 16.3 Å². The molecule has 0 saturated carbocycles. The number of methoxy groups -OCH3 is 1. The number of carbonyl (C=O) groups excluding carboxylic acids is 2. The number of rotatable bonds is 9. The van der Waals surface area contributed by atoms with Crippen molar-refractivity contribution in [3.8, 4) is 0 Å². The molecule has 1 unspecified atom stereocenters. The third-order valence-electron chi connectivity index (χ3n) is 5.62. The Morgan fingerprint density at radius 2 is 1.68 bits per heavy atom. The molecule has 0 radical (unpaired) electrons.